The summed E-state index contributed by atoms with van der Waals surface area (Å²) in [6.07, 6.45) is 0.109. The van der Waals surface area contributed by atoms with E-state index in [0.29, 0.717) is 11.6 Å². The summed E-state index contributed by atoms with van der Waals surface area (Å²) in [5.41, 5.74) is 6.59. The number of hydrogen-bond donors (Lipinski definition) is 4. The summed E-state index contributed by atoms with van der Waals surface area (Å²) in [5, 5.41) is 14.3. The minimum atomic E-state index is -1.12. The molecule has 0 bridgehead atoms. The second kappa shape index (κ2) is 9.12. The van der Waals surface area contributed by atoms with Crippen LogP contribution in [0, 0.1) is 0 Å². The predicted molar refractivity (Wildman–Crippen MR) is 85.7 cm³/mol. The Hall–Kier alpha value is -2.12. The second-order valence-electron chi connectivity index (χ2n) is 5.12. The van der Waals surface area contributed by atoms with E-state index < -0.39 is 24.0 Å². The normalized spacial score (nSPS) is 13.0. The van der Waals surface area contributed by atoms with Crippen LogP contribution < -0.4 is 16.4 Å². The van der Waals surface area contributed by atoms with E-state index in [0.717, 1.165) is 5.56 Å². The molecule has 0 unspecified atom stereocenters. The third-order valence-electron chi connectivity index (χ3n) is 3.15. The van der Waals surface area contributed by atoms with Crippen molar-refractivity contribution in [2.24, 2.45) is 5.73 Å². The maximum Gasteiger partial charge on any atom is 0.325 e. The lowest BCUT2D eigenvalue weighted by Crippen LogP contribution is -2.42. The number of halogens is 1. The Kier molecular flexibility index (Phi) is 7.50. The number of nitrogens with two attached hydrogens (primary N) is 1. The van der Waals surface area contributed by atoms with Gasteiger partial charge in [0.05, 0.1) is 6.04 Å². The van der Waals surface area contributed by atoms with E-state index in [1.54, 1.807) is 24.3 Å². The van der Waals surface area contributed by atoms with Gasteiger partial charge in [-0.3, -0.25) is 14.4 Å². The van der Waals surface area contributed by atoms with Crippen molar-refractivity contribution in [2.75, 3.05) is 0 Å². The lowest BCUT2D eigenvalue weighted by molar-refractivity contribution is -0.141. The Labute approximate surface area is 139 Å². The first-order chi connectivity index (χ1) is 10.8. The van der Waals surface area contributed by atoms with Crippen LogP contribution in [0.3, 0.4) is 0 Å². The van der Waals surface area contributed by atoms with Crippen LogP contribution in [-0.2, 0) is 20.9 Å². The van der Waals surface area contributed by atoms with Crippen molar-refractivity contribution in [3.63, 3.8) is 0 Å². The van der Waals surface area contributed by atoms with Gasteiger partial charge in [-0.05, 0) is 31.0 Å². The number of carboxylic acid groups (broad SMARTS) is 1. The third kappa shape index (κ3) is 7.12. The van der Waals surface area contributed by atoms with Gasteiger partial charge in [0.15, 0.2) is 0 Å². The Morgan fingerprint density at radius 3 is 2.43 bits per heavy atom. The van der Waals surface area contributed by atoms with Crippen molar-refractivity contribution >= 4 is 29.4 Å². The number of nitrogens with one attached hydrogen (secondary N) is 2. The van der Waals surface area contributed by atoms with Crippen molar-refractivity contribution < 1.29 is 19.5 Å². The van der Waals surface area contributed by atoms with Crippen molar-refractivity contribution in [1.29, 1.82) is 0 Å². The van der Waals surface area contributed by atoms with Crippen molar-refractivity contribution in [3.05, 3.63) is 34.9 Å². The van der Waals surface area contributed by atoms with Gasteiger partial charge in [0.2, 0.25) is 11.8 Å². The maximum absolute atomic E-state index is 11.8. The summed E-state index contributed by atoms with van der Waals surface area (Å²) in [6.45, 7) is 1.67. The number of carbonyl (C=O) groups is 3. The van der Waals surface area contributed by atoms with Gasteiger partial charge >= 0.3 is 5.97 Å². The standard InChI is InChI=1S/C15H20ClN3O4/c1-9(15(22)23)19-13(20)7-6-12(17)14(21)18-8-10-2-4-11(16)5-3-10/h2-5,9,12H,6-8,17H2,1H3,(H,18,21)(H,19,20)(H,22,23)/t9-,12+/m1/s1. The van der Waals surface area contributed by atoms with Gasteiger partial charge in [-0.25, -0.2) is 0 Å². The molecule has 5 N–H and O–H groups in total. The van der Waals surface area contributed by atoms with Gasteiger partial charge in [-0.1, -0.05) is 23.7 Å². The van der Waals surface area contributed by atoms with Crippen LogP contribution >= 0.6 is 11.6 Å². The summed E-state index contributed by atoms with van der Waals surface area (Å²) >= 11 is 5.77. The summed E-state index contributed by atoms with van der Waals surface area (Å²) in [4.78, 5) is 34.0. The summed E-state index contributed by atoms with van der Waals surface area (Å²) in [5.74, 6) is -1.96. The van der Waals surface area contributed by atoms with Crippen LogP contribution in [0.4, 0.5) is 0 Å². The largest absolute Gasteiger partial charge is 0.480 e. The van der Waals surface area contributed by atoms with Crippen LogP contribution in [0.15, 0.2) is 24.3 Å². The van der Waals surface area contributed by atoms with E-state index in [4.69, 9.17) is 22.4 Å². The molecule has 1 aromatic carbocycles. The van der Waals surface area contributed by atoms with E-state index in [1.165, 1.54) is 6.92 Å². The molecule has 0 radical (unpaired) electrons. The average molecular weight is 342 g/mol. The summed E-state index contributed by atoms with van der Waals surface area (Å²) in [7, 11) is 0. The molecule has 2 atom stereocenters. The molecular formula is C15H20ClN3O4. The highest BCUT2D eigenvalue weighted by Crippen LogP contribution is 2.09. The summed E-state index contributed by atoms with van der Waals surface area (Å²) < 4.78 is 0. The lowest BCUT2D eigenvalue weighted by Gasteiger charge is -2.13. The van der Waals surface area contributed by atoms with E-state index in [1.807, 2.05) is 0 Å². The molecule has 23 heavy (non-hydrogen) atoms. The topological polar surface area (TPSA) is 122 Å². The number of carboxylic acids is 1. The molecule has 0 aliphatic carbocycles. The molecule has 0 aliphatic heterocycles. The average Bonchev–Trinajstić information content (AvgIpc) is 2.51. The zero-order valence-electron chi connectivity index (χ0n) is 12.7. The van der Waals surface area contributed by atoms with E-state index in [2.05, 4.69) is 10.6 Å². The molecule has 2 amide bonds. The molecule has 0 aromatic heterocycles. The van der Waals surface area contributed by atoms with Crippen LogP contribution in [0.1, 0.15) is 25.3 Å². The Balaban J connectivity index is 2.32. The number of carbonyl (C=O) groups excluding carboxylic acids is 2. The predicted octanol–water partition coefficient (Wildman–Crippen LogP) is 0.653. The maximum atomic E-state index is 11.8. The highest BCUT2D eigenvalue weighted by molar-refractivity contribution is 6.30. The van der Waals surface area contributed by atoms with Crippen molar-refractivity contribution in [3.8, 4) is 0 Å². The Morgan fingerprint density at radius 2 is 1.87 bits per heavy atom. The fraction of sp³-hybridized carbons (Fsp3) is 0.400. The zero-order valence-corrected chi connectivity index (χ0v) is 13.5. The molecule has 0 spiro atoms. The van der Waals surface area contributed by atoms with Crippen LogP contribution in [0.5, 0.6) is 0 Å². The monoisotopic (exact) mass is 341 g/mol. The number of rotatable bonds is 8. The van der Waals surface area contributed by atoms with Crippen molar-refractivity contribution in [2.45, 2.75) is 38.4 Å². The highest BCUT2D eigenvalue weighted by atomic mass is 35.5. The van der Waals surface area contributed by atoms with Crippen LogP contribution in [0.25, 0.3) is 0 Å². The number of benzene rings is 1. The number of amides is 2. The third-order valence-corrected chi connectivity index (χ3v) is 3.40. The number of hydrogen-bond acceptors (Lipinski definition) is 4. The Bertz CT molecular complexity index is 562. The minimum absolute atomic E-state index is 0.0207. The second-order valence-corrected chi connectivity index (χ2v) is 5.55. The summed E-state index contributed by atoms with van der Waals surface area (Å²) in [6, 6.07) is 5.20. The minimum Gasteiger partial charge on any atom is -0.480 e. The Morgan fingerprint density at radius 1 is 1.26 bits per heavy atom. The lowest BCUT2D eigenvalue weighted by atomic mass is 10.1. The fourth-order valence-corrected chi connectivity index (χ4v) is 1.84. The molecule has 7 nitrogen and oxygen atoms in total. The van der Waals surface area contributed by atoms with Crippen molar-refractivity contribution in [1.82, 2.24) is 10.6 Å². The first kappa shape index (κ1) is 18.9. The van der Waals surface area contributed by atoms with Gasteiger partial charge in [0, 0.05) is 18.0 Å². The van der Waals surface area contributed by atoms with Gasteiger partial charge in [0.1, 0.15) is 6.04 Å². The quantitative estimate of drug-likeness (QED) is 0.553. The van der Waals surface area contributed by atoms with Crippen LogP contribution in [-0.4, -0.2) is 35.0 Å². The smallest absolute Gasteiger partial charge is 0.325 e. The molecule has 1 aromatic rings. The molecule has 0 aliphatic rings. The number of aliphatic carboxylic acids is 1. The van der Waals surface area contributed by atoms with E-state index in [-0.39, 0.29) is 18.7 Å². The van der Waals surface area contributed by atoms with Gasteiger partial charge < -0.3 is 21.5 Å². The molecule has 126 valence electrons. The molecule has 0 fully saturated rings. The molecular weight excluding hydrogens is 322 g/mol. The fourth-order valence-electron chi connectivity index (χ4n) is 1.72. The van der Waals surface area contributed by atoms with E-state index >= 15 is 0 Å². The zero-order chi connectivity index (χ0) is 17.4. The molecule has 0 heterocycles. The van der Waals surface area contributed by atoms with Gasteiger partial charge in [-0.2, -0.15) is 0 Å². The SMILES string of the molecule is C[C@@H](NC(=O)CC[C@H](N)C(=O)NCc1ccc(Cl)cc1)C(=O)O. The molecule has 0 saturated carbocycles. The van der Waals surface area contributed by atoms with E-state index in [9.17, 15) is 14.4 Å². The first-order valence-corrected chi connectivity index (χ1v) is 7.47. The first-order valence-electron chi connectivity index (χ1n) is 7.09. The van der Waals surface area contributed by atoms with Gasteiger partial charge in [-0.15, -0.1) is 0 Å². The molecule has 1 rings (SSSR count). The van der Waals surface area contributed by atoms with Gasteiger partial charge in [0.25, 0.3) is 0 Å². The van der Waals surface area contributed by atoms with Crippen LogP contribution in [0.2, 0.25) is 5.02 Å². The molecule has 0 saturated heterocycles. The highest BCUT2D eigenvalue weighted by Gasteiger charge is 2.17. The molecule has 8 heteroatoms.